The summed E-state index contributed by atoms with van der Waals surface area (Å²) >= 11 is 0. The van der Waals surface area contributed by atoms with E-state index in [9.17, 15) is 23.5 Å². The highest BCUT2D eigenvalue weighted by Crippen LogP contribution is 2.47. The first kappa shape index (κ1) is 15.1. The number of imide groups is 1. The van der Waals surface area contributed by atoms with E-state index >= 15 is 0 Å². The van der Waals surface area contributed by atoms with E-state index in [0.29, 0.717) is 12.8 Å². The van der Waals surface area contributed by atoms with E-state index in [1.54, 1.807) is 0 Å². The number of carbonyl (C=O) groups excluding carboxylic acids is 2. The lowest BCUT2D eigenvalue weighted by Gasteiger charge is -2.23. The predicted octanol–water partition coefficient (Wildman–Crippen LogP) is 2.32. The van der Waals surface area contributed by atoms with Gasteiger partial charge in [-0.05, 0) is 31.0 Å². The van der Waals surface area contributed by atoms with Crippen LogP contribution in [0.15, 0.2) is 18.2 Å². The number of aliphatic hydroxyl groups is 1. The number of rotatable bonds is 3. The summed E-state index contributed by atoms with van der Waals surface area (Å²) in [4.78, 5) is 25.6. The topological polar surface area (TPSA) is 57.6 Å². The van der Waals surface area contributed by atoms with E-state index in [2.05, 4.69) is 0 Å². The van der Waals surface area contributed by atoms with Crippen LogP contribution in [-0.4, -0.2) is 28.4 Å². The highest BCUT2D eigenvalue weighted by atomic mass is 19.1. The van der Waals surface area contributed by atoms with Crippen molar-refractivity contribution in [2.45, 2.75) is 38.2 Å². The molecule has 22 heavy (non-hydrogen) atoms. The number of carbonyl (C=O) groups is 2. The van der Waals surface area contributed by atoms with Gasteiger partial charge in [0.15, 0.2) is 0 Å². The maximum atomic E-state index is 13.7. The monoisotopic (exact) mass is 309 g/mol. The number of likely N-dealkylation sites (tertiary alicyclic amines) is 1. The molecule has 0 aromatic heterocycles. The van der Waals surface area contributed by atoms with Gasteiger partial charge in [0.05, 0.1) is 18.1 Å². The summed E-state index contributed by atoms with van der Waals surface area (Å²) in [6.07, 6.45) is 1.91. The second-order valence-corrected chi connectivity index (χ2v) is 6.16. The second-order valence-electron chi connectivity index (χ2n) is 6.16. The average Bonchev–Trinajstić information content (AvgIpc) is 3.03. The predicted molar refractivity (Wildman–Crippen MR) is 73.6 cm³/mol. The third-order valence-corrected chi connectivity index (χ3v) is 4.72. The molecule has 0 bridgehead atoms. The zero-order valence-electron chi connectivity index (χ0n) is 12.0. The highest BCUT2D eigenvalue weighted by Gasteiger charge is 2.52. The van der Waals surface area contributed by atoms with Crippen LogP contribution in [0.25, 0.3) is 0 Å². The van der Waals surface area contributed by atoms with Crippen LogP contribution in [0.5, 0.6) is 0 Å². The molecule has 2 amide bonds. The van der Waals surface area contributed by atoms with Crippen LogP contribution in [0.1, 0.15) is 43.8 Å². The van der Waals surface area contributed by atoms with Crippen LogP contribution in [0.4, 0.5) is 8.78 Å². The first-order chi connectivity index (χ1) is 10.4. The molecular weight excluding hydrogens is 292 g/mol. The smallest absolute Gasteiger partial charge is 0.236 e. The maximum Gasteiger partial charge on any atom is 0.236 e. The lowest BCUT2D eigenvalue weighted by Crippen LogP contribution is -2.37. The molecule has 6 heteroatoms. The summed E-state index contributed by atoms with van der Waals surface area (Å²) in [7, 11) is 0. The minimum Gasteiger partial charge on any atom is -0.386 e. The number of halogens is 2. The van der Waals surface area contributed by atoms with Crippen molar-refractivity contribution in [1.29, 1.82) is 0 Å². The van der Waals surface area contributed by atoms with Crippen molar-refractivity contribution in [1.82, 2.24) is 4.90 Å². The first-order valence-corrected chi connectivity index (χ1v) is 7.41. The number of hydrogen-bond acceptors (Lipinski definition) is 3. The molecule has 2 aliphatic rings. The summed E-state index contributed by atoms with van der Waals surface area (Å²) in [5, 5.41) is 10.1. The molecule has 1 aromatic carbocycles. The molecule has 0 unspecified atom stereocenters. The maximum absolute atomic E-state index is 13.7. The van der Waals surface area contributed by atoms with E-state index in [4.69, 9.17) is 0 Å². The average molecular weight is 309 g/mol. The molecule has 118 valence electrons. The number of hydrogen-bond donors (Lipinski definition) is 1. The second kappa shape index (κ2) is 5.43. The number of benzene rings is 1. The molecule has 1 aromatic rings. The van der Waals surface area contributed by atoms with E-state index in [1.165, 1.54) is 0 Å². The number of β-amino-alcohol motifs (C(OH)–C–C–N with tert-alkyl or cyclic N) is 1. The Hall–Kier alpha value is -1.82. The molecule has 2 fully saturated rings. The van der Waals surface area contributed by atoms with E-state index in [0.717, 1.165) is 35.9 Å². The third kappa shape index (κ3) is 2.41. The van der Waals surface area contributed by atoms with Gasteiger partial charge >= 0.3 is 0 Å². The van der Waals surface area contributed by atoms with Gasteiger partial charge in [0, 0.05) is 12.0 Å². The Morgan fingerprint density at radius 2 is 1.91 bits per heavy atom. The quantitative estimate of drug-likeness (QED) is 0.872. The Kier molecular flexibility index (Phi) is 3.72. The Morgan fingerprint density at radius 1 is 1.23 bits per heavy atom. The van der Waals surface area contributed by atoms with Gasteiger partial charge in [0.25, 0.3) is 0 Å². The van der Waals surface area contributed by atoms with Gasteiger partial charge in [-0.2, -0.15) is 0 Å². The fourth-order valence-corrected chi connectivity index (χ4v) is 3.53. The zero-order chi connectivity index (χ0) is 15.9. The molecule has 4 nitrogen and oxygen atoms in total. The summed E-state index contributed by atoms with van der Waals surface area (Å²) in [6, 6.07) is 2.75. The molecule has 1 spiro atoms. The van der Waals surface area contributed by atoms with Crippen LogP contribution >= 0.6 is 0 Å². The molecule has 1 atom stereocenters. The van der Waals surface area contributed by atoms with Crippen molar-refractivity contribution in [3.63, 3.8) is 0 Å². The third-order valence-electron chi connectivity index (χ3n) is 4.72. The van der Waals surface area contributed by atoms with Crippen molar-refractivity contribution >= 4 is 11.8 Å². The van der Waals surface area contributed by atoms with Gasteiger partial charge < -0.3 is 5.11 Å². The van der Waals surface area contributed by atoms with Crippen LogP contribution in [0, 0.1) is 17.0 Å². The summed E-state index contributed by atoms with van der Waals surface area (Å²) in [5.74, 6) is -2.07. The fraction of sp³-hybridized carbons (Fsp3) is 0.500. The van der Waals surface area contributed by atoms with Crippen molar-refractivity contribution in [3.05, 3.63) is 35.4 Å². The van der Waals surface area contributed by atoms with E-state index in [1.807, 2.05) is 0 Å². The summed E-state index contributed by atoms with van der Waals surface area (Å²) in [6.45, 7) is -0.334. The Bertz CT molecular complexity index is 626. The molecule has 3 rings (SSSR count). The molecule has 0 radical (unpaired) electrons. The zero-order valence-corrected chi connectivity index (χ0v) is 12.0. The van der Waals surface area contributed by atoms with E-state index < -0.39 is 23.2 Å². The van der Waals surface area contributed by atoms with Crippen molar-refractivity contribution in [2.75, 3.05) is 6.54 Å². The number of aliphatic hydroxyl groups excluding tert-OH is 1. The molecule has 1 aliphatic carbocycles. The van der Waals surface area contributed by atoms with Crippen molar-refractivity contribution < 1.29 is 23.5 Å². The minimum atomic E-state index is -1.43. The molecule has 1 aliphatic heterocycles. The summed E-state index contributed by atoms with van der Waals surface area (Å²) in [5.41, 5.74) is -0.870. The molecule has 1 heterocycles. The molecule has 1 N–H and O–H groups in total. The Morgan fingerprint density at radius 3 is 2.59 bits per heavy atom. The van der Waals surface area contributed by atoms with Gasteiger partial charge in [-0.1, -0.05) is 12.8 Å². The van der Waals surface area contributed by atoms with Gasteiger partial charge in [0.2, 0.25) is 11.8 Å². The SMILES string of the molecule is O=C1CC2(CCCC2)C(=O)N1C[C@H](O)c1cc(F)ccc1F. The Balaban J connectivity index is 1.79. The molecule has 1 saturated carbocycles. The molecular formula is C16H17F2NO3. The van der Waals surface area contributed by atoms with Crippen LogP contribution in [0.2, 0.25) is 0 Å². The normalized spacial score (nSPS) is 21.9. The lowest BCUT2D eigenvalue weighted by molar-refractivity contribution is -0.143. The Labute approximate surface area is 126 Å². The van der Waals surface area contributed by atoms with Crippen LogP contribution < -0.4 is 0 Å². The van der Waals surface area contributed by atoms with Crippen LogP contribution in [0.3, 0.4) is 0 Å². The van der Waals surface area contributed by atoms with Gasteiger partial charge in [-0.15, -0.1) is 0 Å². The minimum absolute atomic E-state index is 0.157. The fourth-order valence-electron chi connectivity index (χ4n) is 3.53. The van der Waals surface area contributed by atoms with Gasteiger partial charge in [-0.3, -0.25) is 14.5 Å². The summed E-state index contributed by atoms with van der Waals surface area (Å²) < 4.78 is 26.9. The standard InChI is InChI=1S/C16H17F2NO3/c17-10-3-4-12(18)11(7-10)13(20)9-19-14(21)8-16(15(19)22)5-1-2-6-16/h3-4,7,13,20H,1-2,5-6,8-9H2/t13-/m0/s1. The van der Waals surface area contributed by atoms with Crippen molar-refractivity contribution in [2.24, 2.45) is 5.41 Å². The molecule has 1 saturated heterocycles. The van der Waals surface area contributed by atoms with E-state index in [-0.39, 0.29) is 30.3 Å². The highest BCUT2D eigenvalue weighted by molar-refractivity contribution is 6.06. The lowest BCUT2D eigenvalue weighted by atomic mass is 9.84. The van der Waals surface area contributed by atoms with Gasteiger partial charge in [0.1, 0.15) is 11.6 Å². The number of nitrogens with zero attached hydrogens (tertiary/aromatic N) is 1. The first-order valence-electron chi connectivity index (χ1n) is 7.41. The van der Waals surface area contributed by atoms with Crippen LogP contribution in [-0.2, 0) is 9.59 Å². The van der Waals surface area contributed by atoms with Gasteiger partial charge in [-0.25, -0.2) is 8.78 Å². The largest absolute Gasteiger partial charge is 0.386 e. The number of amides is 2. The van der Waals surface area contributed by atoms with Crippen molar-refractivity contribution in [3.8, 4) is 0 Å².